The van der Waals surface area contributed by atoms with Crippen LogP contribution in [0.2, 0.25) is 0 Å². The number of aromatic nitrogens is 5. The van der Waals surface area contributed by atoms with Gasteiger partial charge < -0.3 is 15.3 Å². The first-order valence-electron chi connectivity index (χ1n) is 11.5. The van der Waals surface area contributed by atoms with Crippen molar-refractivity contribution >= 4 is 5.82 Å². The summed E-state index contributed by atoms with van der Waals surface area (Å²) in [5, 5.41) is 23.0. The number of benzene rings is 1. The van der Waals surface area contributed by atoms with Crippen molar-refractivity contribution in [2.24, 2.45) is 7.05 Å². The summed E-state index contributed by atoms with van der Waals surface area (Å²) in [6, 6.07) is 6.69. The molecule has 2 aromatic heterocycles. The van der Waals surface area contributed by atoms with E-state index in [0.717, 1.165) is 23.5 Å². The fourth-order valence-electron chi connectivity index (χ4n) is 5.22. The minimum Gasteiger partial charge on any atom is -0.507 e. The number of halogens is 1. The minimum atomic E-state index is -0.711. The summed E-state index contributed by atoms with van der Waals surface area (Å²) in [6.07, 6.45) is 7.45. The Morgan fingerprint density at radius 1 is 1.29 bits per heavy atom. The van der Waals surface area contributed by atoms with Crippen LogP contribution in [0.1, 0.15) is 39.0 Å². The predicted octanol–water partition coefficient (Wildman–Crippen LogP) is 2.64. The van der Waals surface area contributed by atoms with Crippen LogP contribution in [-0.4, -0.2) is 54.5 Å². The zero-order valence-corrected chi connectivity index (χ0v) is 19.5. The molecular formula is C24H28FN7O2. The number of nitrogens with zero attached hydrogens (tertiary/aromatic N) is 6. The highest BCUT2D eigenvalue weighted by Gasteiger charge is 2.40. The number of hydrogen-bond donors (Lipinski definition) is 2. The van der Waals surface area contributed by atoms with Crippen LogP contribution in [0.3, 0.4) is 0 Å². The summed E-state index contributed by atoms with van der Waals surface area (Å²) in [7, 11) is 3.33. The number of nitrogens with one attached hydrogen (secondary N) is 1. The maximum absolute atomic E-state index is 13.9. The van der Waals surface area contributed by atoms with Gasteiger partial charge in [-0.1, -0.05) is 12.5 Å². The highest BCUT2D eigenvalue weighted by atomic mass is 19.1. The standard InChI is InChI=1S/C24H28FN7O2/c1-24-8-4-5-15(28-24)10-16(12-24)31(2)21-13-26-22(30-29-21)17-7-6-14(9-19(17)33)18-11-20(25)32(3)23(34)27-18/h6-7,9,11,13,15-16,28,33H,4-5,8,10,12H2,1-3H3/t15-,16-,24+/m0/s1. The largest absolute Gasteiger partial charge is 0.507 e. The van der Waals surface area contributed by atoms with Gasteiger partial charge >= 0.3 is 5.69 Å². The van der Waals surface area contributed by atoms with Crippen molar-refractivity contribution in [3.63, 3.8) is 0 Å². The molecule has 5 rings (SSSR count). The molecule has 0 radical (unpaired) electrons. The topological polar surface area (TPSA) is 109 Å². The smallest absolute Gasteiger partial charge is 0.350 e. The Hall–Kier alpha value is -3.40. The van der Waals surface area contributed by atoms with E-state index < -0.39 is 11.6 Å². The molecule has 10 heteroatoms. The number of hydrogen-bond acceptors (Lipinski definition) is 8. The summed E-state index contributed by atoms with van der Waals surface area (Å²) in [5.41, 5.74) is 0.386. The molecular weight excluding hydrogens is 437 g/mol. The van der Waals surface area contributed by atoms with Crippen LogP contribution in [0.5, 0.6) is 5.75 Å². The van der Waals surface area contributed by atoms with Gasteiger partial charge in [0, 0.05) is 43.3 Å². The molecule has 0 spiro atoms. The van der Waals surface area contributed by atoms with Crippen LogP contribution in [0.15, 0.2) is 35.3 Å². The molecule has 2 N–H and O–H groups in total. The van der Waals surface area contributed by atoms with Crippen LogP contribution in [0.25, 0.3) is 22.6 Å². The molecule has 2 aliphatic rings. The van der Waals surface area contributed by atoms with Gasteiger partial charge in [-0.15, -0.1) is 10.2 Å². The average molecular weight is 466 g/mol. The Morgan fingerprint density at radius 3 is 2.79 bits per heavy atom. The van der Waals surface area contributed by atoms with Crippen molar-refractivity contribution < 1.29 is 9.50 Å². The lowest BCUT2D eigenvalue weighted by molar-refractivity contribution is 0.140. The molecule has 0 amide bonds. The Kier molecular flexibility index (Phi) is 5.55. The number of piperidine rings is 2. The number of phenols is 1. The monoisotopic (exact) mass is 465 g/mol. The summed E-state index contributed by atoms with van der Waals surface area (Å²) in [6.45, 7) is 2.30. The third-order valence-electron chi connectivity index (χ3n) is 7.15. The van der Waals surface area contributed by atoms with Crippen LogP contribution < -0.4 is 15.9 Å². The van der Waals surface area contributed by atoms with E-state index in [1.807, 2.05) is 7.05 Å². The van der Waals surface area contributed by atoms with Crippen LogP contribution in [-0.2, 0) is 7.05 Å². The van der Waals surface area contributed by atoms with Gasteiger partial charge in [0.15, 0.2) is 17.6 Å². The molecule has 2 aliphatic heterocycles. The molecule has 1 aromatic carbocycles. The third kappa shape index (κ3) is 4.13. The molecule has 2 bridgehead atoms. The summed E-state index contributed by atoms with van der Waals surface area (Å²) in [5.74, 6) is 0.145. The van der Waals surface area contributed by atoms with Gasteiger partial charge in [0.05, 0.1) is 17.5 Å². The van der Waals surface area contributed by atoms with E-state index in [-0.39, 0.29) is 22.8 Å². The molecule has 178 valence electrons. The Labute approximate surface area is 196 Å². The average Bonchev–Trinajstić information content (AvgIpc) is 2.81. The minimum absolute atomic E-state index is 0.109. The highest BCUT2D eigenvalue weighted by molar-refractivity contribution is 5.71. The molecule has 9 nitrogen and oxygen atoms in total. The van der Waals surface area contributed by atoms with Gasteiger partial charge in [-0.25, -0.2) is 9.78 Å². The maximum atomic E-state index is 13.9. The molecule has 34 heavy (non-hydrogen) atoms. The summed E-state index contributed by atoms with van der Waals surface area (Å²) >= 11 is 0. The zero-order valence-electron chi connectivity index (χ0n) is 19.5. The number of phenolic OH excluding ortho intramolecular Hbond substituents is 1. The van der Waals surface area contributed by atoms with Gasteiger partial charge in [0.1, 0.15) is 5.75 Å². The summed E-state index contributed by atoms with van der Waals surface area (Å²) in [4.78, 5) is 22.2. The van der Waals surface area contributed by atoms with Crippen molar-refractivity contribution in [3.8, 4) is 28.4 Å². The van der Waals surface area contributed by atoms with Crippen molar-refractivity contribution in [3.05, 3.63) is 46.9 Å². The first kappa shape index (κ1) is 22.4. The van der Waals surface area contributed by atoms with E-state index >= 15 is 0 Å². The van der Waals surface area contributed by atoms with Crippen LogP contribution in [0, 0.1) is 5.95 Å². The van der Waals surface area contributed by atoms with Crippen molar-refractivity contribution in [2.45, 2.75) is 56.7 Å². The molecule has 0 saturated carbocycles. The first-order chi connectivity index (χ1) is 16.2. The molecule has 2 saturated heterocycles. The second-order valence-electron chi connectivity index (χ2n) is 9.68. The zero-order chi connectivity index (χ0) is 24.0. The Balaban J connectivity index is 1.36. The van der Waals surface area contributed by atoms with Crippen molar-refractivity contribution in [1.82, 2.24) is 30.0 Å². The third-order valence-corrected chi connectivity index (χ3v) is 7.15. The molecule has 3 aromatic rings. The summed E-state index contributed by atoms with van der Waals surface area (Å²) < 4.78 is 14.7. The van der Waals surface area contributed by atoms with E-state index in [1.165, 1.54) is 32.4 Å². The fourth-order valence-corrected chi connectivity index (χ4v) is 5.22. The number of aromatic hydroxyl groups is 1. The molecule has 2 fully saturated rings. The van der Waals surface area contributed by atoms with Gasteiger partial charge in [-0.3, -0.25) is 4.57 Å². The lowest BCUT2D eigenvalue weighted by Crippen LogP contribution is -2.61. The predicted molar refractivity (Wildman–Crippen MR) is 126 cm³/mol. The number of fused-ring (bicyclic) bond motifs is 2. The number of rotatable bonds is 4. The highest BCUT2D eigenvalue weighted by Crippen LogP contribution is 2.36. The van der Waals surface area contributed by atoms with E-state index in [0.29, 0.717) is 29.0 Å². The SMILES string of the molecule is CN(c1cnc(-c2ccc(-c3cc(F)n(C)c(=O)n3)cc2O)nn1)[C@H]1C[C@@H]2CCC[C@](C)(C1)N2. The van der Waals surface area contributed by atoms with Crippen LogP contribution >= 0.6 is 0 Å². The normalized spacial score (nSPS) is 24.1. The lowest BCUT2D eigenvalue weighted by atomic mass is 9.75. The van der Waals surface area contributed by atoms with Crippen LogP contribution in [0.4, 0.5) is 10.2 Å². The number of anilines is 1. The van der Waals surface area contributed by atoms with Gasteiger partial charge in [0.2, 0.25) is 0 Å². The lowest BCUT2D eigenvalue weighted by Gasteiger charge is -2.49. The van der Waals surface area contributed by atoms with Crippen molar-refractivity contribution in [1.29, 1.82) is 0 Å². The van der Waals surface area contributed by atoms with Gasteiger partial charge in [-0.2, -0.15) is 9.37 Å². The quantitative estimate of drug-likeness (QED) is 0.566. The maximum Gasteiger partial charge on any atom is 0.350 e. The molecule has 3 atom stereocenters. The van der Waals surface area contributed by atoms with E-state index in [9.17, 15) is 14.3 Å². The van der Waals surface area contributed by atoms with E-state index in [4.69, 9.17) is 0 Å². The van der Waals surface area contributed by atoms with Gasteiger partial charge in [-0.05, 0) is 44.7 Å². The van der Waals surface area contributed by atoms with E-state index in [1.54, 1.807) is 18.3 Å². The Bertz CT molecular complexity index is 1280. The first-order valence-corrected chi connectivity index (χ1v) is 11.5. The molecule has 0 unspecified atom stereocenters. The van der Waals surface area contributed by atoms with E-state index in [2.05, 4.69) is 37.3 Å². The Morgan fingerprint density at radius 2 is 2.12 bits per heavy atom. The van der Waals surface area contributed by atoms with Crippen molar-refractivity contribution in [2.75, 3.05) is 11.9 Å². The second-order valence-corrected chi connectivity index (χ2v) is 9.68. The fraction of sp³-hybridized carbons (Fsp3) is 0.458. The molecule has 0 aliphatic carbocycles. The van der Waals surface area contributed by atoms with Gasteiger partial charge in [0.25, 0.3) is 0 Å². The molecule has 4 heterocycles. The second kappa shape index (κ2) is 8.43.